The summed E-state index contributed by atoms with van der Waals surface area (Å²) in [7, 11) is 0. The van der Waals surface area contributed by atoms with Gasteiger partial charge in [0.15, 0.2) is 5.76 Å². The van der Waals surface area contributed by atoms with E-state index in [1.165, 1.54) is 0 Å². The van der Waals surface area contributed by atoms with Gasteiger partial charge >= 0.3 is 0 Å². The molecule has 128 valence electrons. The van der Waals surface area contributed by atoms with Crippen LogP contribution >= 0.6 is 23.2 Å². The fraction of sp³-hybridized carbons (Fsp3) is 0.389. The van der Waals surface area contributed by atoms with E-state index in [0.29, 0.717) is 34.9 Å². The number of amides is 1. The molecule has 1 aromatic heterocycles. The summed E-state index contributed by atoms with van der Waals surface area (Å²) in [5.41, 5.74) is 1.75. The fourth-order valence-corrected chi connectivity index (χ4v) is 3.63. The number of carbonyl (C=O) groups is 1. The van der Waals surface area contributed by atoms with Crippen LogP contribution in [0.3, 0.4) is 0 Å². The molecule has 6 heteroatoms. The highest BCUT2D eigenvalue weighted by Gasteiger charge is 2.37. The Hall–Kier alpha value is -1.49. The standard InChI is InChI=1S/C18H19Cl2NO3/c1-9-14-12(22)7-18(2,3)8-13(14)24-16(9)17(23)21-11-6-4-5-10(19)15(11)20/h4-6,12,22H,7-8H2,1-3H3,(H,21,23). The van der Waals surface area contributed by atoms with Crippen molar-refractivity contribution in [3.8, 4) is 0 Å². The number of hydrogen-bond donors (Lipinski definition) is 2. The Kier molecular flexibility index (Phi) is 4.41. The summed E-state index contributed by atoms with van der Waals surface area (Å²) in [6.07, 6.45) is 0.705. The van der Waals surface area contributed by atoms with Crippen molar-refractivity contribution in [1.82, 2.24) is 0 Å². The number of halogens is 2. The van der Waals surface area contributed by atoms with E-state index >= 15 is 0 Å². The van der Waals surface area contributed by atoms with E-state index in [-0.39, 0.29) is 16.2 Å². The Morgan fingerprint density at radius 2 is 2.08 bits per heavy atom. The first-order valence-corrected chi connectivity index (χ1v) is 8.51. The van der Waals surface area contributed by atoms with Gasteiger partial charge < -0.3 is 14.8 Å². The number of anilines is 1. The van der Waals surface area contributed by atoms with Gasteiger partial charge in [-0.15, -0.1) is 0 Å². The van der Waals surface area contributed by atoms with Gasteiger partial charge in [-0.3, -0.25) is 4.79 Å². The van der Waals surface area contributed by atoms with Crippen molar-refractivity contribution in [1.29, 1.82) is 0 Å². The lowest BCUT2D eigenvalue weighted by atomic mass is 9.75. The summed E-state index contributed by atoms with van der Waals surface area (Å²) < 4.78 is 5.80. The second-order valence-corrected chi connectivity index (χ2v) is 7.79. The molecule has 1 atom stereocenters. The van der Waals surface area contributed by atoms with E-state index < -0.39 is 12.0 Å². The number of aliphatic hydroxyl groups excluding tert-OH is 1. The lowest BCUT2D eigenvalue weighted by Gasteiger charge is -2.31. The van der Waals surface area contributed by atoms with Crippen LogP contribution in [0, 0.1) is 12.3 Å². The first-order valence-electron chi connectivity index (χ1n) is 7.75. The number of fused-ring (bicyclic) bond motifs is 1. The molecule has 1 unspecified atom stereocenters. The van der Waals surface area contributed by atoms with Crippen LogP contribution in [-0.2, 0) is 6.42 Å². The summed E-state index contributed by atoms with van der Waals surface area (Å²) >= 11 is 12.1. The molecule has 0 saturated heterocycles. The lowest BCUT2D eigenvalue weighted by Crippen LogP contribution is -2.24. The number of rotatable bonds is 2. The van der Waals surface area contributed by atoms with Gasteiger partial charge in [-0.05, 0) is 30.9 Å². The zero-order valence-electron chi connectivity index (χ0n) is 13.7. The molecule has 0 radical (unpaired) electrons. The summed E-state index contributed by atoms with van der Waals surface area (Å²) in [6, 6.07) is 5.02. The third-order valence-electron chi connectivity index (χ3n) is 4.39. The molecule has 1 amide bonds. The van der Waals surface area contributed by atoms with Crippen LogP contribution in [0.1, 0.15) is 53.8 Å². The van der Waals surface area contributed by atoms with Crippen molar-refractivity contribution in [2.75, 3.05) is 5.32 Å². The maximum absolute atomic E-state index is 12.6. The molecule has 0 saturated carbocycles. The van der Waals surface area contributed by atoms with E-state index in [1.807, 2.05) is 0 Å². The van der Waals surface area contributed by atoms with Gasteiger partial charge in [0.2, 0.25) is 0 Å². The van der Waals surface area contributed by atoms with E-state index in [4.69, 9.17) is 27.6 Å². The van der Waals surface area contributed by atoms with Gasteiger partial charge in [0.05, 0.1) is 21.8 Å². The van der Waals surface area contributed by atoms with E-state index in [0.717, 1.165) is 5.56 Å². The molecule has 2 N–H and O–H groups in total. The number of nitrogens with one attached hydrogen (secondary N) is 1. The Labute approximate surface area is 150 Å². The summed E-state index contributed by atoms with van der Waals surface area (Å²) in [5.74, 6) is 0.474. The number of benzene rings is 1. The maximum atomic E-state index is 12.6. The van der Waals surface area contributed by atoms with Crippen LogP contribution < -0.4 is 5.32 Å². The predicted octanol–water partition coefficient (Wildman–Crippen LogP) is 5.15. The minimum absolute atomic E-state index is 0.0687. The van der Waals surface area contributed by atoms with Crippen molar-refractivity contribution in [3.05, 3.63) is 50.9 Å². The van der Waals surface area contributed by atoms with Crippen molar-refractivity contribution >= 4 is 34.8 Å². The van der Waals surface area contributed by atoms with Gasteiger partial charge in [0, 0.05) is 17.5 Å². The molecule has 1 aliphatic carbocycles. The first kappa shape index (κ1) is 17.3. The minimum Gasteiger partial charge on any atom is -0.455 e. The molecule has 0 bridgehead atoms. The zero-order chi connectivity index (χ0) is 17.6. The zero-order valence-corrected chi connectivity index (χ0v) is 15.3. The first-order chi connectivity index (χ1) is 11.2. The normalized spacial score (nSPS) is 19.0. The van der Waals surface area contributed by atoms with Crippen molar-refractivity contribution in [3.63, 3.8) is 0 Å². The smallest absolute Gasteiger partial charge is 0.291 e. The Balaban J connectivity index is 1.93. The third-order valence-corrected chi connectivity index (χ3v) is 5.21. The number of hydrogen-bond acceptors (Lipinski definition) is 3. The number of aliphatic hydroxyl groups is 1. The maximum Gasteiger partial charge on any atom is 0.291 e. The molecule has 1 heterocycles. The summed E-state index contributed by atoms with van der Waals surface area (Å²) in [6.45, 7) is 5.93. The number of carbonyl (C=O) groups excluding carboxylic acids is 1. The third kappa shape index (κ3) is 3.06. The van der Waals surface area contributed by atoms with Gasteiger partial charge in [-0.2, -0.15) is 0 Å². The minimum atomic E-state index is -0.621. The average molecular weight is 368 g/mol. The van der Waals surface area contributed by atoms with Crippen LogP contribution in [-0.4, -0.2) is 11.0 Å². The summed E-state index contributed by atoms with van der Waals surface area (Å²) in [4.78, 5) is 12.6. The fourth-order valence-electron chi connectivity index (χ4n) is 3.28. The van der Waals surface area contributed by atoms with Crippen molar-refractivity contribution in [2.45, 2.75) is 39.7 Å². The Morgan fingerprint density at radius 3 is 2.79 bits per heavy atom. The largest absolute Gasteiger partial charge is 0.455 e. The van der Waals surface area contributed by atoms with Gasteiger partial charge in [0.25, 0.3) is 5.91 Å². The van der Waals surface area contributed by atoms with Crippen LogP contribution in [0.2, 0.25) is 10.0 Å². The molecule has 1 aliphatic rings. The lowest BCUT2D eigenvalue weighted by molar-refractivity contribution is 0.0910. The highest BCUT2D eigenvalue weighted by atomic mass is 35.5. The monoisotopic (exact) mass is 367 g/mol. The second kappa shape index (κ2) is 6.10. The van der Waals surface area contributed by atoms with Crippen LogP contribution in [0.5, 0.6) is 0 Å². The summed E-state index contributed by atoms with van der Waals surface area (Å²) in [5, 5.41) is 13.8. The molecule has 0 aliphatic heterocycles. The van der Waals surface area contributed by atoms with Crippen molar-refractivity contribution < 1.29 is 14.3 Å². The molecular weight excluding hydrogens is 349 g/mol. The second-order valence-electron chi connectivity index (χ2n) is 7.01. The van der Waals surface area contributed by atoms with Crippen LogP contribution in [0.15, 0.2) is 22.6 Å². The Morgan fingerprint density at radius 1 is 1.38 bits per heavy atom. The molecule has 0 spiro atoms. The van der Waals surface area contributed by atoms with Crippen molar-refractivity contribution in [2.24, 2.45) is 5.41 Å². The average Bonchev–Trinajstić information content (AvgIpc) is 2.79. The van der Waals surface area contributed by atoms with Gasteiger partial charge in [-0.25, -0.2) is 0 Å². The molecule has 4 nitrogen and oxygen atoms in total. The predicted molar refractivity (Wildman–Crippen MR) is 94.9 cm³/mol. The number of furan rings is 1. The molecule has 24 heavy (non-hydrogen) atoms. The van der Waals surface area contributed by atoms with E-state index in [1.54, 1.807) is 25.1 Å². The van der Waals surface area contributed by atoms with E-state index in [9.17, 15) is 9.90 Å². The highest BCUT2D eigenvalue weighted by Crippen LogP contribution is 2.44. The molecular formula is C18H19Cl2NO3. The SMILES string of the molecule is Cc1c(C(=O)Nc2cccc(Cl)c2Cl)oc2c1C(O)CC(C)(C)C2. The topological polar surface area (TPSA) is 62.5 Å². The van der Waals surface area contributed by atoms with Crippen LogP contribution in [0.4, 0.5) is 5.69 Å². The quantitative estimate of drug-likeness (QED) is 0.770. The molecule has 3 rings (SSSR count). The highest BCUT2D eigenvalue weighted by molar-refractivity contribution is 6.44. The molecule has 0 fully saturated rings. The Bertz CT molecular complexity index is 811. The van der Waals surface area contributed by atoms with Crippen LogP contribution in [0.25, 0.3) is 0 Å². The van der Waals surface area contributed by atoms with Gasteiger partial charge in [-0.1, -0.05) is 43.1 Å². The molecule has 1 aromatic carbocycles. The van der Waals surface area contributed by atoms with Gasteiger partial charge in [0.1, 0.15) is 5.76 Å². The van der Waals surface area contributed by atoms with E-state index in [2.05, 4.69) is 19.2 Å². The molecule has 2 aromatic rings.